The molecule has 0 heterocycles. The van der Waals surface area contributed by atoms with Crippen molar-refractivity contribution in [3.63, 3.8) is 0 Å². The van der Waals surface area contributed by atoms with Gasteiger partial charge in [-0.1, -0.05) is 24.3 Å². The molecule has 0 amide bonds. The van der Waals surface area contributed by atoms with E-state index in [4.69, 9.17) is 13.6 Å². The van der Waals surface area contributed by atoms with Crippen molar-refractivity contribution in [2.45, 2.75) is 40.0 Å². The maximum absolute atomic E-state index is 11.9. The van der Waals surface area contributed by atoms with E-state index in [9.17, 15) is 9.59 Å². The van der Waals surface area contributed by atoms with Gasteiger partial charge >= 0.3 is 11.9 Å². The van der Waals surface area contributed by atoms with Crippen LogP contribution in [0.25, 0.3) is 0 Å². The zero-order valence-electron chi connectivity index (χ0n) is 18.1. The van der Waals surface area contributed by atoms with Crippen LogP contribution >= 0.6 is 0 Å². The molecule has 0 radical (unpaired) electrons. The van der Waals surface area contributed by atoms with Crippen LogP contribution in [0.5, 0.6) is 0 Å². The van der Waals surface area contributed by atoms with Crippen LogP contribution < -0.4 is 10.4 Å². The van der Waals surface area contributed by atoms with Crippen molar-refractivity contribution >= 4 is 38.9 Å². The maximum atomic E-state index is 11.9. The van der Waals surface area contributed by atoms with Gasteiger partial charge in [-0.2, -0.15) is 0 Å². The molecule has 0 fully saturated rings. The molecule has 0 spiro atoms. The minimum Gasteiger partial charge on any atom is -0.462 e. The Bertz CT molecular complexity index is 771. The maximum Gasteiger partial charge on any atom is 0.338 e. The lowest BCUT2D eigenvalue weighted by molar-refractivity contribution is 0.0517. The zero-order valence-corrected chi connectivity index (χ0v) is 20.1. The second-order valence-corrected chi connectivity index (χ2v) is 15.7. The summed E-state index contributed by atoms with van der Waals surface area (Å²) in [6.07, 6.45) is 0. The number of rotatable bonds is 8. The van der Waals surface area contributed by atoms with Crippen LogP contribution in [0, 0.1) is 0 Å². The molecular formula is C22H30O5Si2. The van der Waals surface area contributed by atoms with E-state index in [0.29, 0.717) is 24.3 Å². The molecule has 0 atom stereocenters. The van der Waals surface area contributed by atoms with Gasteiger partial charge in [0.2, 0.25) is 16.6 Å². The Hall–Kier alpha value is -2.23. The summed E-state index contributed by atoms with van der Waals surface area (Å²) >= 11 is 0. The fourth-order valence-electron chi connectivity index (χ4n) is 3.20. The van der Waals surface area contributed by atoms with Crippen LogP contribution in [0.1, 0.15) is 34.6 Å². The van der Waals surface area contributed by atoms with E-state index in [-0.39, 0.29) is 11.9 Å². The minimum absolute atomic E-state index is 0.309. The molecular weight excluding hydrogens is 400 g/mol. The Morgan fingerprint density at radius 1 is 0.655 bits per heavy atom. The first-order chi connectivity index (χ1) is 13.6. The predicted octanol–water partition coefficient (Wildman–Crippen LogP) is 3.58. The summed E-state index contributed by atoms with van der Waals surface area (Å²) < 4.78 is 16.8. The van der Waals surface area contributed by atoms with E-state index < -0.39 is 16.6 Å². The first-order valence-corrected chi connectivity index (χ1v) is 15.7. The van der Waals surface area contributed by atoms with Crippen LogP contribution in [-0.2, 0) is 13.6 Å². The topological polar surface area (TPSA) is 61.8 Å². The molecule has 0 bridgehead atoms. The third kappa shape index (κ3) is 5.88. The smallest absolute Gasteiger partial charge is 0.338 e. The molecule has 0 saturated heterocycles. The first-order valence-electron chi connectivity index (χ1n) is 9.86. The number of carbonyl (C=O) groups excluding carboxylic acids is 2. The van der Waals surface area contributed by atoms with Gasteiger partial charge in [0, 0.05) is 0 Å². The average Bonchev–Trinajstić information content (AvgIpc) is 2.68. The average molecular weight is 431 g/mol. The highest BCUT2D eigenvalue weighted by Crippen LogP contribution is 2.16. The third-order valence-electron chi connectivity index (χ3n) is 4.69. The molecule has 0 N–H and O–H groups in total. The monoisotopic (exact) mass is 430 g/mol. The molecule has 2 aromatic rings. The molecule has 0 aromatic heterocycles. The molecule has 156 valence electrons. The summed E-state index contributed by atoms with van der Waals surface area (Å²) in [6.45, 7) is 13.0. The molecule has 29 heavy (non-hydrogen) atoms. The highest BCUT2D eigenvalue weighted by atomic mass is 28.4. The second kappa shape index (κ2) is 9.51. The van der Waals surface area contributed by atoms with Crippen molar-refractivity contribution < 1.29 is 23.2 Å². The standard InChI is InChI=1S/C22H30O5Si2/c1-7-25-21(23)17-9-13-19(14-10-17)28(3,4)27-29(5,6)20-15-11-18(12-16-20)22(24)26-8-2/h9-16H,7-8H2,1-6H3. The van der Waals surface area contributed by atoms with Gasteiger partial charge in [-0.05, 0) is 74.7 Å². The third-order valence-corrected chi connectivity index (χ3v) is 12.2. The van der Waals surface area contributed by atoms with Crippen LogP contribution in [0.15, 0.2) is 48.5 Å². The summed E-state index contributed by atoms with van der Waals surface area (Å²) in [5.41, 5.74) is 1.10. The quantitative estimate of drug-likeness (QED) is 0.473. The molecule has 2 aromatic carbocycles. The highest BCUT2D eigenvalue weighted by molar-refractivity contribution is 6.96. The van der Waals surface area contributed by atoms with Crippen LogP contribution in [-0.4, -0.2) is 41.8 Å². The molecule has 2 rings (SSSR count). The SMILES string of the molecule is CCOC(=O)c1ccc([Si](C)(C)O[Si](C)(C)c2ccc(C(=O)OCC)cc2)cc1. The first kappa shape index (κ1) is 23.1. The fourth-order valence-corrected chi connectivity index (χ4v) is 11.2. The molecule has 0 aliphatic rings. The van der Waals surface area contributed by atoms with E-state index in [1.807, 2.05) is 24.3 Å². The van der Waals surface area contributed by atoms with Crippen LogP contribution in [0.2, 0.25) is 26.2 Å². The fraction of sp³-hybridized carbons (Fsp3) is 0.364. The summed E-state index contributed by atoms with van der Waals surface area (Å²) in [5.74, 6) is -0.619. The largest absolute Gasteiger partial charge is 0.462 e. The van der Waals surface area contributed by atoms with E-state index in [1.165, 1.54) is 0 Å². The number of hydrogen-bond donors (Lipinski definition) is 0. The Kier molecular flexibility index (Phi) is 7.56. The van der Waals surface area contributed by atoms with Gasteiger partial charge in [-0.3, -0.25) is 0 Å². The van der Waals surface area contributed by atoms with E-state index in [2.05, 4.69) is 26.2 Å². The van der Waals surface area contributed by atoms with Crippen molar-refractivity contribution in [1.82, 2.24) is 0 Å². The summed E-state index contributed by atoms with van der Waals surface area (Å²) in [5, 5.41) is 2.24. The summed E-state index contributed by atoms with van der Waals surface area (Å²) in [4.78, 5) is 23.7. The zero-order chi connectivity index (χ0) is 21.7. The number of benzene rings is 2. The second-order valence-electron chi connectivity index (χ2n) is 7.72. The molecule has 0 aliphatic carbocycles. The van der Waals surface area contributed by atoms with Crippen molar-refractivity contribution in [1.29, 1.82) is 0 Å². The summed E-state index contributed by atoms with van der Waals surface area (Å²) in [7, 11) is -4.41. The van der Waals surface area contributed by atoms with Gasteiger partial charge in [0.1, 0.15) is 0 Å². The normalized spacial score (nSPS) is 11.8. The number of hydrogen-bond acceptors (Lipinski definition) is 5. The van der Waals surface area contributed by atoms with Gasteiger partial charge < -0.3 is 13.6 Å². The molecule has 0 unspecified atom stereocenters. The van der Waals surface area contributed by atoms with E-state index in [0.717, 1.165) is 10.4 Å². The molecule has 7 heteroatoms. The number of carbonyl (C=O) groups is 2. The lowest BCUT2D eigenvalue weighted by atomic mass is 10.2. The van der Waals surface area contributed by atoms with E-state index >= 15 is 0 Å². The molecule has 0 saturated carbocycles. The lowest BCUT2D eigenvalue weighted by Gasteiger charge is -2.34. The Morgan fingerprint density at radius 3 is 1.24 bits per heavy atom. The Morgan fingerprint density at radius 2 is 0.966 bits per heavy atom. The van der Waals surface area contributed by atoms with Gasteiger partial charge in [-0.25, -0.2) is 9.59 Å². The highest BCUT2D eigenvalue weighted by Gasteiger charge is 2.36. The lowest BCUT2D eigenvalue weighted by Crippen LogP contribution is -2.57. The minimum atomic E-state index is -2.20. The summed E-state index contributed by atoms with van der Waals surface area (Å²) in [6, 6.07) is 15.1. The Balaban J connectivity index is 2.17. The van der Waals surface area contributed by atoms with Gasteiger partial charge in [0.05, 0.1) is 24.3 Å². The van der Waals surface area contributed by atoms with E-state index in [1.54, 1.807) is 38.1 Å². The van der Waals surface area contributed by atoms with Crippen molar-refractivity contribution in [3.8, 4) is 0 Å². The van der Waals surface area contributed by atoms with Crippen molar-refractivity contribution in [2.24, 2.45) is 0 Å². The number of esters is 2. The van der Waals surface area contributed by atoms with Gasteiger partial charge in [-0.15, -0.1) is 0 Å². The van der Waals surface area contributed by atoms with Crippen LogP contribution in [0.4, 0.5) is 0 Å². The van der Waals surface area contributed by atoms with Crippen molar-refractivity contribution in [3.05, 3.63) is 59.7 Å². The Labute approximate surface area is 175 Å². The molecule has 5 nitrogen and oxygen atoms in total. The van der Waals surface area contributed by atoms with Gasteiger partial charge in [0.15, 0.2) is 0 Å². The predicted molar refractivity (Wildman–Crippen MR) is 120 cm³/mol. The van der Waals surface area contributed by atoms with Crippen molar-refractivity contribution in [2.75, 3.05) is 13.2 Å². The number of ether oxygens (including phenoxy) is 2. The van der Waals surface area contributed by atoms with Gasteiger partial charge in [0.25, 0.3) is 0 Å². The molecule has 0 aliphatic heterocycles. The van der Waals surface area contributed by atoms with Crippen LogP contribution in [0.3, 0.4) is 0 Å².